The number of fused-ring (bicyclic) bond motifs is 2. The Morgan fingerprint density at radius 2 is 1.72 bits per heavy atom. The topological polar surface area (TPSA) is 71.1 Å². The first-order valence-electron chi connectivity index (χ1n) is 13.7. The largest absolute Gasteiger partial charge is 0.338 e. The number of anilines is 1. The van der Waals surface area contributed by atoms with Crippen LogP contribution in [0.2, 0.25) is 10.0 Å². The summed E-state index contributed by atoms with van der Waals surface area (Å²) in [7, 11) is 6.09. The molecule has 5 nitrogen and oxygen atoms in total. The van der Waals surface area contributed by atoms with E-state index in [1.54, 1.807) is 6.20 Å². The number of carbonyl (C=O) groups is 2. The summed E-state index contributed by atoms with van der Waals surface area (Å²) >= 11 is 13.2. The van der Waals surface area contributed by atoms with Gasteiger partial charge in [-0.25, -0.2) is 4.79 Å². The molecule has 0 bridgehead atoms. The molecule has 8 heteroatoms. The molecule has 0 aliphatic heterocycles. The second kappa shape index (κ2) is 12.6. The van der Waals surface area contributed by atoms with Gasteiger partial charge in [-0.05, 0) is 91.8 Å². The molecule has 1 unspecified atom stereocenters. The number of nitrogens with one attached hydrogen (secondary N) is 2. The van der Waals surface area contributed by atoms with Crippen molar-refractivity contribution in [2.24, 2.45) is 11.8 Å². The third-order valence-corrected chi connectivity index (χ3v) is 8.62. The number of hydrogen-bond donors (Lipinski definition) is 2. The minimum absolute atomic E-state index is 0.0594. The van der Waals surface area contributed by atoms with Gasteiger partial charge in [-0.2, -0.15) is 0 Å². The number of hydrogen-bond acceptors (Lipinski definition) is 3. The number of benzene rings is 2. The van der Waals surface area contributed by atoms with Crippen LogP contribution in [0, 0.1) is 11.8 Å². The first-order valence-corrected chi connectivity index (χ1v) is 14.5. The van der Waals surface area contributed by atoms with Gasteiger partial charge in [0.15, 0.2) is 0 Å². The fraction of sp³-hybridized carbons (Fsp3) is 0.387. The summed E-state index contributed by atoms with van der Waals surface area (Å²) in [5, 5.41) is 6.97. The number of pyridine rings is 1. The summed E-state index contributed by atoms with van der Waals surface area (Å²) in [5.41, 5.74) is 5.95. The Morgan fingerprint density at radius 3 is 2.49 bits per heavy atom. The molecule has 1 fully saturated rings. The summed E-state index contributed by atoms with van der Waals surface area (Å²) < 4.78 is 0. The number of carbonyl (C=O) groups excluding carboxylic acids is 2. The molecule has 1 heterocycles. The molecule has 3 aromatic rings. The Balaban J connectivity index is 1.19. The van der Waals surface area contributed by atoms with Gasteiger partial charge < -0.3 is 10.6 Å². The fourth-order valence-electron chi connectivity index (χ4n) is 6.22. The van der Waals surface area contributed by atoms with E-state index in [9.17, 15) is 9.59 Å². The van der Waals surface area contributed by atoms with Crippen molar-refractivity contribution in [1.82, 2.24) is 10.3 Å². The molecule has 0 saturated heterocycles. The van der Waals surface area contributed by atoms with Gasteiger partial charge in [0.2, 0.25) is 0 Å². The van der Waals surface area contributed by atoms with Crippen molar-refractivity contribution >= 4 is 54.0 Å². The van der Waals surface area contributed by atoms with Gasteiger partial charge in [0.25, 0.3) is 0 Å². The van der Waals surface area contributed by atoms with Gasteiger partial charge in [0, 0.05) is 46.7 Å². The van der Waals surface area contributed by atoms with Crippen LogP contribution in [0.5, 0.6) is 0 Å². The highest BCUT2D eigenvalue weighted by Gasteiger charge is 2.37. The molecule has 39 heavy (non-hydrogen) atoms. The molecule has 200 valence electrons. The van der Waals surface area contributed by atoms with E-state index in [2.05, 4.69) is 10.6 Å². The number of amides is 2. The van der Waals surface area contributed by atoms with Crippen LogP contribution in [-0.4, -0.2) is 31.2 Å². The lowest BCUT2D eigenvalue weighted by atomic mass is 9.70. The van der Waals surface area contributed by atoms with Crippen molar-refractivity contribution in [2.45, 2.75) is 57.3 Å². The standard InChI is InChI=1S/C31H32BCl2N3O2/c32-23-15-22-13-12-21-16-24(33)17-26(34)28(21)29(30(22)36-18-23)20-10-8-19(9-11-20)27(38)7-4-14-35-31(39)37-25-5-2-1-3-6-25/h1-3,5-6,15-20,29H,4,7-14H2,(H2,35,37,39). The molecular formula is C31H32BCl2N3O2. The maximum atomic E-state index is 13.0. The van der Waals surface area contributed by atoms with E-state index < -0.39 is 0 Å². The van der Waals surface area contributed by atoms with Gasteiger partial charge in [0.05, 0.1) is 5.69 Å². The van der Waals surface area contributed by atoms with Crippen LogP contribution in [0.3, 0.4) is 0 Å². The number of aromatic nitrogens is 1. The summed E-state index contributed by atoms with van der Waals surface area (Å²) in [6.07, 6.45) is 8.11. The molecule has 2 aliphatic carbocycles. The lowest BCUT2D eigenvalue weighted by Gasteiger charge is -2.35. The van der Waals surface area contributed by atoms with Crippen LogP contribution in [0.25, 0.3) is 0 Å². The van der Waals surface area contributed by atoms with E-state index in [1.807, 2.05) is 48.5 Å². The van der Waals surface area contributed by atoms with Crippen molar-refractivity contribution in [3.05, 3.63) is 87.2 Å². The zero-order valence-corrected chi connectivity index (χ0v) is 23.4. The number of urea groups is 1. The lowest BCUT2D eigenvalue weighted by molar-refractivity contribution is -0.124. The minimum Gasteiger partial charge on any atom is -0.338 e. The Kier molecular flexibility index (Phi) is 8.94. The van der Waals surface area contributed by atoms with Crippen molar-refractivity contribution < 1.29 is 9.59 Å². The Bertz CT molecular complexity index is 1340. The summed E-state index contributed by atoms with van der Waals surface area (Å²) in [6.45, 7) is 0.464. The van der Waals surface area contributed by atoms with Crippen molar-refractivity contribution in [1.29, 1.82) is 0 Å². The van der Waals surface area contributed by atoms with E-state index in [1.165, 1.54) is 11.1 Å². The highest BCUT2D eigenvalue weighted by molar-refractivity contribution is 6.35. The van der Waals surface area contributed by atoms with E-state index in [0.29, 0.717) is 40.8 Å². The lowest BCUT2D eigenvalue weighted by Crippen LogP contribution is -2.30. The molecule has 2 radical (unpaired) electrons. The minimum atomic E-state index is -0.256. The number of ketones is 1. The molecule has 0 spiro atoms. The van der Waals surface area contributed by atoms with Crippen molar-refractivity contribution in [2.75, 3.05) is 11.9 Å². The molecular weight excluding hydrogens is 528 g/mol. The summed E-state index contributed by atoms with van der Waals surface area (Å²) in [6, 6.07) is 15.0. The predicted molar refractivity (Wildman–Crippen MR) is 158 cm³/mol. The molecule has 1 aromatic heterocycles. The van der Waals surface area contributed by atoms with Gasteiger partial charge >= 0.3 is 6.03 Å². The van der Waals surface area contributed by atoms with Crippen LogP contribution in [0.15, 0.2) is 54.7 Å². The second-order valence-corrected chi connectivity index (χ2v) is 11.5. The Hall–Kier alpha value is -2.83. The molecule has 2 aromatic carbocycles. The van der Waals surface area contributed by atoms with Crippen LogP contribution in [0.1, 0.15) is 66.8 Å². The van der Waals surface area contributed by atoms with E-state index in [0.717, 1.165) is 55.5 Å². The first kappa shape index (κ1) is 27.7. The number of aryl methyl sites for hydroxylation is 2. The van der Waals surface area contributed by atoms with Crippen LogP contribution in [0.4, 0.5) is 10.5 Å². The third-order valence-electron chi connectivity index (χ3n) is 8.09. The monoisotopic (exact) mass is 559 g/mol. The fourth-order valence-corrected chi connectivity index (χ4v) is 6.87. The highest BCUT2D eigenvalue weighted by atomic mass is 35.5. The third kappa shape index (κ3) is 6.67. The molecule has 1 atom stereocenters. The van der Waals surface area contributed by atoms with E-state index in [-0.39, 0.29) is 23.7 Å². The molecule has 5 rings (SSSR count). The first-order chi connectivity index (χ1) is 18.9. The number of rotatable bonds is 7. The average molecular weight is 560 g/mol. The summed E-state index contributed by atoms with van der Waals surface area (Å²) in [5.74, 6) is 0.745. The molecule has 1 saturated carbocycles. The second-order valence-electron chi connectivity index (χ2n) is 10.7. The van der Waals surface area contributed by atoms with E-state index in [4.69, 9.17) is 36.0 Å². The number of halogens is 2. The highest BCUT2D eigenvalue weighted by Crippen LogP contribution is 2.47. The van der Waals surface area contributed by atoms with Crippen LogP contribution >= 0.6 is 23.2 Å². The van der Waals surface area contributed by atoms with Crippen LogP contribution < -0.4 is 16.1 Å². The summed E-state index contributed by atoms with van der Waals surface area (Å²) in [4.78, 5) is 29.9. The normalized spacial score (nSPS) is 20.3. The van der Waals surface area contributed by atoms with Crippen molar-refractivity contribution in [3.8, 4) is 0 Å². The van der Waals surface area contributed by atoms with Gasteiger partial charge in [-0.1, -0.05) is 52.9 Å². The number of para-hydroxylation sites is 1. The van der Waals surface area contributed by atoms with Crippen LogP contribution in [-0.2, 0) is 17.6 Å². The van der Waals surface area contributed by atoms with Gasteiger partial charge in [0.1, 0.15) is 13.6 Å². The molecule has 2 aliphatic rings. The molecule has 2 amide bonds. The maximum absolute atomic E-state index is 13.0. The predicted octanol–water partition coefficient (Wildman–Crippen LogP) is 6.39. The van der Waals surface area contributed by atoms with Gasteiger partial charge in [-0.3, -0.25) is 9.78 Å². The van der Waals surface area contributed by atoms with Gasteiger partial charge in [-0.15, -0.1) is 0 Å². The Morgan fingerprint density at radius 1 is 0.974 bits per heavy atom. The quantitative estimate of drug-likeness (QED) is 0.260. The zero-order valence-electron chi connectivity index (χ0n) is 21.9. The number of Topliss-reactive ketones (excluding diaryl/α,β-unsaturated/α-hetero) is 1. The van der Waals surface area contributed by atoms with E-state index >= 15 is 0 Å². The zero-order chi connectivity index (χ0) is 27.4. The maximum Gasteiger partial charge on any atom is 0.319 e. The Labute approximate surface area is 241 Å². The average Bonchev–Trinajstić information content (AvgIpc) is 3.08. The number of nitrogens with zero attached hydrogens (tertiary/aromatic N) is 1. The molecule has 2 N–H and O–H groups in total. The SMILES string of the molecule is [B]c1cnc2c(c1)CCc1cc(Cl)cc(Cl)c1C2C1CCC(C(=O)CCCNC(=O)Nc2ccccc2)CC1. The smallest absolute Gasteiger partial charge is 0.319 e. The van der Waals surface area contributed by atoms with Crippen molar-refractivity contribution in [3.63, 3.8) is 0 Å².